The van der Waals surface area contributed by atoms with Gasteiger partial charge in [0.25, 0.3) is 5.91 Å². The van der Waals surface area contributed by atoms with Gasteiger partial charge in [-0.2, -0.15) is 0 Å². The molecule has 5 rings (SSSR count). The largest absolute Gasteiger partial charge is 0.452 e. The average Bonchev–Trinajstić information content (AvgIpc) is 3.23. The Kier molecular flexibility index (Phi) is 4.29. The minimum absolute atomic E-state index is 0.304. The third-order valence-electron chi connectivity index (χ3n) is 4.66. The molecule has 7 heteroatoms. The van der Waals surface area contributed by atoms with E-state index in [2.05, 4.69) is 9.97 Å². The first kappa shape index (κ1) is 17.5. The van der Waals surface area contributed by atoms with Gasteiger partial charge in [0, 0.05) is 9.79 Å². The Bertz CT molecular complexity index is 1210. The van der Waals surface area contributed by atoms with Gasteiger partial charge in [-0.3, -0.25) is 9.69 Å². The van der Waals surface area contributed by atoms with E-state index in [1.807, 2.05) is 48.5 Å². The smallest absolute Gasteiger partial charge is 0.338 e. The Labute approximate surface area is 170 Å². The van der Waals surface area contributed by atoms with E-state index in [0.29, 0.717) is 5.56 Å². The number of nitrogens with zero attached hydrogens (tertiary/aromatic N) is 2. The molecule has 1 amide bonds. The maximum Gasteiger partial charge on any atom is 0.338 e. The first-order valence-corrected chi connectivity index (χ1v) is 9.81. The van der Waals surface area contributed by atoms with Crippen LogP contribution >= 0.6 is 11.8 Å². The van der Waals surface area contributed by atoms with Crippen molar-refractivity contribution in [1.29, 1.82) is 0 Å². The molecule has 3 aromatic carbocycles. The van der Waals surface area contributed by atoms with Crippen LogP contribution < -0.4 is 4.90 Å². The lowest BCUT2D eigenvalue weighted by atomic mass is 10.2. The summed E-state index contributed by atoms with van der Waals surface area (Å²) in [4.78, 5) is 36.2. The molecule has 0 atom stereocenters. The second kappa shape index (κ2) is 7.10. The summed E-state index contributed by atoms with van der Waals surface area (Å²) in [6.07, 6.45) is 1.56. The quantitative estimate of drug-likeness (QED) is 0.510. The standard InChI is InChI=1S/C22H15N3O3S/c26-21(12-28-22(27)14-9-10-15-16(11-14)24-13-23-15)25-17-5-1-3-7-19(17)29-20-8-4-2-6-18(20)25/h1-11,13H,12H2,(H,23,24). The number of carbonyl (C=O) groups excluding carboxylic acids is 2. The second-order valence-electron chi connectivity index (χ2n) is 6.48. The lowest BCUT2D eigenvalue weighted by Gasteiger charge is -2.30. The molecule has 1 aromatic heterocycles. The average molecular weight is 401 g/mol. The predicted molar refractivity (Wildman–Crippen MR) is 111 cm³/mol. The fourth-order valence-corrected chi connectivity index (χ4v) is 4.37. The number of H-pyrrole nitrogens is 1. The highest BCUT2D eigenvalue weighted by atomic mass is 32.2. The van der Waals surface area contributed by atoms with Crippen LogP contribution in [0, 0.1) is 0 Å². The van der Waals surface area contributed by atoms with Gasteiger partial charge < -0.3 is 9.72 Å². The van der Waals surface area contributed by atoms with Crippen molar-refractivity contribution in [3.63, 3.8) is 0 Å². The molecule has 29 heavy (non-hydrogen) atoms. The number of rotatable bonds is 3. The van der Waals surface area contributed by atoms with E-state index < -0.39 is 5.97 Å². The van der Waals surface area contributed by atoms with E-state index in [1.54, 1.807) is 41.2 Å². The number of aromatic amines is 1. The van der Waals surface area contributed by atoms with Crippen LogP contribution in [0.5, 0.6) is 0 Å². The summed E-state index contributed by atoms with van der Waals surface area (Å²) in [6, 6.07) is 20.4. The van der Waals surface area contributed by atoms with Crippen molar-refractivity contribution in [2.45, 2.75) is 9.79 Å². The number of hydrogen-bond donors (Lipinski definition) is 1. The molecule has 6 nitrogen and oxygen atoms in total. The van der Waals surface area contributed by atoms with Crippen molar-refractivity contribution in [1.82, 2.24) is 9.97 Å². The highest BCUT2D eigenvalue weighted by molar-refractivity contribution is 7.99. The van der Waals surface area contributed by atoms with Crippen LogP contribution in [0.3, 0.4) is 0 Å². The number of aromatic nitrogens is 2. The van der Waals surface area contributed by atoms with Crippen LogP contribution in [0.4, 0.5) is 11.4 Å². The SMILES string of the molecule is O=C(OCC(=O)N1c2ccccc2Sc2ccccc21)c1ccc2nc[nH]c2c1. The van der Waals surface area contributed by atoms with Gasteiger partial charge in [0.1, 0.15) is 0 Å². The molecule has 0 saturated carbocycles. The van der Waals surface area contributed by atoms with Crippen molar-refractivity contribution in [3.8, 4) is 0 Å². The Morgan fingerprint density at radius 3 is 2.38 bits per heavy atom. The van der Waals surface area contributed by atoms with Gasteiger partial charge in [0.15, 0.2) is 6.61 Å². The lowest BCUT2D eigenvalue weighted by Crippen LogP contribution is -2.32. The number of amides is 1. The van der Waals surface area contributed by atoms with Crippen LogP contribution in [-0.2, 0) is 9.53 Å². The molecule has 2 heterocycles. The van der Waals surface area contributed by atoms with Crippen molar-refractivity contribution in [2.75, 3.05) is 11.5 Å². The molecule has 0 unspecified atom stereocenters. The molecule has 142 valence electrons. The molecule has 1 aliphatic rings. The Balaban J connectivity index is 1.39. The van der Waals surface area contributed by atoms with E-state index in [1.165, 1.54) is 0 Å². The number of anilines is 2. The van der Waals surface area contributed by atoms with Crippen LogP contribution in [-0.4, -0.2) is 28.5 Å². The topological polar surface area (TPSA) is 75.3 Å². The van der Waals surface area contributed by atoms with Gasteiger partial charge >= 0.3 is 5.97 Å². The molecular weight excluding hydrogens is 386 g/mol. The molecule has 1 N–H and O–H groups in total. The lowest BCUT2D eigenvalue weighted by molar-refractivity contribution is -0.121. The Morgan fingerprint density at radius 1 is 0.966 bits per heavy atom. The molecular formula is C22H15N3O3S. The number of fused-ring (bicyclic) bond motifs is 3. The number of carbonyl (C=O) groups is 2. The summed E-state index contributed by atoms with van der Waals surface area (Å²) in [5, 5.41) is 0. The maximum absolute atomic E-state index is 13.1. The van der Waals surface area contributed by atoms with Crippen molar-refractivity contribution in [2.24, 2.45) is 0 Å². The van der Waals surface area contributed by atoms with E-state index in [0.717, 1.165) is 32.2 Å². The zero-order chi connectivity index (χ0) is 19.8. The summed E-state index contributed by atoms with van der Waals surface area (Å²) >= 11 is 1.62. The molecule has 0 saturated heterocycles. The zero-order valence-corrected chi connectivity index (χ0v) is 16.0. The summed E-state index contributed by atoms with van der Waals surface area (Å²) in [6.45, 7) is -0.354. The van der Waals surface area contributed by atoms with E-state index >= 15 is 0 Å². The van der Waals surface area contributed by atoms with Gasteiger partial charge in [0.05, 0.1) is 34.3 Å². The van der Waals surface area contributed by atoms with Crippen molar-refractivity contribution in [3.05, 3.63) is 78.6 Å². The third kappa shape index (κ3) is 3.15. The van der Waals surface area contributed by atoms with Gasteiger partial charge in [-0.05, 0) is 42.5 Å². The maximum atomic E-state index is 13.1. The van der Waals surface area contributed by atoms with E-state index in [-0.39, 0.29) is 12.5 Å². The Hall–Kier alpha value is -3.58. The predicted octanol–water partition coefficient (Wildman–Crippen LogP) is 4.55. The van der Waals surface area contributed by atoms with Gasteiger partial charge in [-0.15, -0.1) is 0 Å². The van der Waals surface area contributed by atoms with Crippen molar-refractivity contribution >= 4 is 46.0 Å². The summed E-state index contributed by atoms with van der Waals surface area (Å²) in [7, 11) is 0. The number of nitrogens with one attached hydrogen (secondary N) is 1. The molecule has 0 radical (unpaired) electrons. The highest BCUT2D eigenvalue weighted by Gasteiger charge is 2.28. The zero-order valence-electron chi connectivity index (χ0n) is 15.2. The Morgan fingerprint density at radius 2 is 1.66 bits per heavy atom. The fraction of sp³-hybridized carbons (Fsp3) is 0.0455. The van der Waals surface area contributed by atoms with Crippen LogP contribution in [0.1, 0.15) is 10.4 Å². The molecule has 1 aliphatic heterocycles. The minimum atomic E-state index is -0.553. The molecule has 0 aliphatic carbocycles. The molecule has 4 aromatic rings. The number of ether oxygens (including phenoxy) is 1. The van der Waals surface area contributed by atoms with E-state index in [9.17, 15) is 9.59 Å². The third-order valence-corrected chi connectivity index (χ3v) is 5.79. The molecule has 0 spiro atoms. The van der Waals surface area contributed by atoms with Crippen LogP contribution in [0.25, 0.3) is 11.0 Å². The van der Waals surface area contributed by atoms with Gasteiger partial charge in [0.2, 0.25) is 0 Å². The molecule has 0 fully saturated rings. The number of benzene rings is 3. The summed E-state index contributed by atoms with van der Waals surface area (Å²) < 4.78 is 5.33. The van der Waals surface area contributed by atoms with E-state index in [4.69, 9.17) is 4.74 Å². The van der Waals surface area contributed by atoms with Crippen LogP contribution in [0.15, 0.2) is 82.8 Å². The number of hydrogen-bond acceptors (Lipinski definition) is 5. The molecule has 0 bridgehead atoms. The summed E-state index contributed by atoms with van der Waals surface area (Å²) in [5.41, 5.74) is 3.44. The van der Waals surface area contributed by atoms with Gasteiger partial charge in [-0.1, -0.05) is 36.0 Å². The van der Waals surface area contributed by atoms with Gasteiger partial charge in [-0.25, -0.2) is 9.78 Å². The second-order valence-corrected chi connectivity index (χ2v) is 7.56. The minimum Gasteiger partial charge on any atom is -0.452 e. The summed E-state index contributed by atoms with van der Waals surface area (Å²) in [5.74, 6) is -0.857. The number of para-hydroxylation sites is 2. The van der Waals surface area contributed by atoms with Crippen molar-refractivity contribution < 1.29 is 14.3 Å². The van der Waals surface area contributed by atoms with Crippen LogP contribution in [0.2, 0.25) is 0 Å². The number of esters is 1. The first-order chi connectivity index (χ1) is 14.2. The number of imidazole rings is 1. The monoisotopic (exact) mass is 401 g/mol. The highest BCUT2D eigenvalue weighted by Crippen LogP contribution is 2.47. The fourth-order valence-electron chi connectivity index (χ4n) is 3.31. The normalized spacial score (nSPS) is 12.3. The first-order valence-electron chi connectivity index (χ1n) is 9.00.